The molecule has 0 radical (unpaired) electrons. The first-order valence-corrected chi connectivity index (χ1v) is 10.3. The van der Waals surface area contributed by atoms with Gasteiger partial charge in [-0.3, -0.25) is 0 Å². The minimum atomic E-state index is 0.263. The van der Waals surface area contributed by atoms with Crippen molar-refractivity contribution in [2.24, 2.45) is 11.3 Å². The topological polar surface area (TPSA) is 28.2 Å². The molecular formula is C23H23N3S. The molecule has 1 fully saturated rings. The summed E-state index contributed by atoms with van der Waals surface area (Å²) >= 11 is 1.70. The van der Waals surface area contributed by atoms with Crippen LogP contribution >= 0.6 is 11.3 Å². The highest BCUT2D eigenvalue weighted by molar-refractivity contribution is 7.22. The summed E-state index contributed by atoms with van der Waals surface area (Å²) in [5.41, 5.74) is 5.09. The second kappa shape index (κ2) is 6.24. The normalized spacial score (nSPS) is 20.6. The molecule has 2 aromatic carbocycles. The van der Waals surface area contributed by atoms with Gasteiger partial charge in [0.15, 0.2) is 5.13 Å². The van der Waals surface area contributed by atoms with Crippen LogP contribution in [0.3, 0.4) is 0 Å². The number of nitrogens with one attached hydrogen (secondary N) is 1. The first kappa shape index (κ1) is 16.6. The molecule has 1 saturated heterocycles. The Labute approximate surface area is 164 Å². The zero-order valence-electron chi connectivity index (χ0n) is 15.6. The van der Waals surface area contributed by atoms with Gasteiger partial charge >= 0.3 is 0 Å². The molecule has 5 rings (SSSR count). The van der Waals surface area contributed by atoms with E-state index in [1.807, 2.05) is 6.07 Å². The Balaban J connectivity index is 1.53. The van der Waals surface area contributed by atoms with Gasteiger partial charge in [0.25, 0.3) is 0 Å². The number of rotatable bonds is 3. The predicted molar refractivity (Wildman–Crippen MR) is 116 cm³/mol. The van der Waals surface area contributed by atoms with Gasteiger partial charge in [-0.05, 0) is 42.2 Å². The molecule has 3 aromatic rings. The third-order valence-corrected chi connectivity index (χ3v) is 6.63. The molecule has 4 heteroatoms. The highest BCUT2D eigenvalue weighted by atomic mass is 32.1. The number of fused-ring (bicyclic) bond motifs is 2. The van der Waals surface area contributed by atoms with E-state index in [4.69, 9.17) is 4.98 Å². The molecule has 0 spiro atoms. The lowest BCUT2D eigenvalue weighted by Gasteiger charge is -2.26. The van der Waals surface area contributed by atoms with Crippen molar-refractivity contribution in [3.05, 3.63) is 72.5 Å². The summed E-state index contributed by atoms with van der Waals surface area (Å²) in [7, 11) is 0. The predicted octanol–water partition coefficient (Wildman–Crippen LogP) is 6.35. The molecular weight excluding hydrogens is 350 g/mol. The van der Waals surface area contributed by atoms with E-state index in [-0.39, 0.29) is 5.41 Å². The Morgan fingerprint density at radius 1 is 1.11 bits per heavy atom. The molecule has 0 bridgehead atoms. The average Bonchev–Trinajstić information content (AvgIpc) is 3.20. The molecule has 2 aliphatic rings. The van der Waals surface area contributed by atoms with E-state index in [2.05, 4.69) is 84.8 Å². The van der Waals surface area contributed by atoms with Crippen LogP contribution in [0.25, 0.3) is 10.2 Å². The largest absolute Gasteiger partial charge is 0.343 e. The fourth-order valence-electron chi connectivity index (χ4n) is 4.30. The first-order valence-electron chi connectivity index (χ1n) is 9.48. The molecule has 1 aliphatic carbocycles. The maximum Gasteiger partial charge on any atom is 0.188 e. The second-order valence-corrected chi connectivity index (χ2v) is 9.04. The molecule has 1 aromatic heterocycles. The summed E-state index contributed by atoms with van der Waals surface area (Å²) in [5.74, 6) is 0.581. The van der Waals surface area contributed by atoms with E-state index in [1.165, 1.54) is 16.1 Å². The van der Waals surface area contributed by atoms with E-state index >= 15 is 0 Å². The highest BCUT2D eigenvalue weighted by Crippen LogP contribution is 2.49. The molecule has 2 heterocycles. The quantitative estimate of drug-likeness (QED) is 0.580. The summed E-state index contributed by atoms with van der Waals surface area (Å²) in [6, 6.07) is 16.9. The van der Waals surface area contributed by atoms with E-state index in [0.29, 0.717) is 5.92 Å². The summed E-state index contributed by atoms with van der Waals surface area (Å²) in [6.07, 6.45) is 7.91. The van der Waals surface area contributed by atoms with Crippen molar-refractivity contribution in [1.29, 1.82) is 0 Å². The van der Waals surface area contributed by atoms with Crippen LogP contribution < -0.4 is 10.2 Å². The fourth-order valence-corrected chi connectivity index (χ4v) is 5.18. The van der Waals surface area contributed by atoms with Crippen LogP contribution in [-0.2, 0) is 0 Å². The number of aromatic nitrogens is 1. The molecule has 136 valence electrons. The maximum atomic E-state index is 4.75. The SMILES string of the molecule is CC1(C)CN(c2ccccc2Nc2nc3ccccc3s2)C2=CC=CCC21. The number of hydrogen-bond donors (Lipinski definition) is 1. The molecule has 0 amide bonds. The van der Waals surface area contributed by atoms with Gasteiger partial charge in [0.2, 0.25) is 0 Å². The third kappa shape index (κ3) is 2.85. The molecule has 1 N–H and O–H groups in total. The number of thiazole rings is 1. The number of benzene rings is 2. The Kier molecular flexibility index (Phi) is 3.83. The Bertz CT molecular complexity index is 1030. The summed E-state index contributed by atoms with van der Waals surface area (Å²) in [4.78, 5) is 7.24. The number of para-hydroxylation sites is 3. The fraction of sp³-hybridized carbons (Fsp3) is 0.261. The first-order chi connectivity index (χ1) is 13.1. The molecule has 27 heavy (non-hydrogen) atoms. The van der Waals surface area contributed by atoms with E-state index in [9.17, 15) is 0 Å². The number of hydrogen-bond acceptors (Lipinski definition) is 4. The zero-order valence-corrected chi connectivity index (χ0v) is 16.5. The Hall–Kier alpha value is -2.59. The highest BCUT2D eigenvalue weighted by Gasteiger charge is 2.43. The summed E-state index contributed by atoms with van der Waals surface area (Å²) in [5, 5.41) is 4.52. The lowest BCUT2D eigenvalue weighted by Crippen LogP contribution is -2.23. The van der Waals surface area contributed by atoms with Gasteiger partial charge in [-0.25, -0.2) is 4.98 Å². The molecule has 0 saturated carbocycles. The van der Waals surface area contributed by atoms with Gasteiger partial charge in [0.05, 0.1) is 21.6 Å². The Morgan fingerprint density at radius 3 is 2.81 bits per heavy atom. The van der Waals surface area contributed by atoms with Crippen LogP contribution in [-0.4, -0.2) is 11.5 Å². The van der Waals surface area contributed by atoms with Crippen LogP contribution in [0, 0.1) is 11.3 Å². The molecule has 1 atom stereocenters. The van der Waals surface area contributed by atoms with Crippen LogP contribution in [0.5, 0.6) is 0 Å². The lowest BCUT2D eigenvalue weighted by molar-refractivity contribution is 0.306. The van der Waals surface area contributed by atoms with Gasteiger partial charge in [-0.1, -0.05) is 61.6 Å². The Morgan fingerprint density at radius 2 is 1.93 bits per heavy atom. The molecule has 1 unspecified atom stereocenters. The van der Waals surface area contributed by atoms with Gasteiger partial charge in [0, 0.05) is 18.2 Å². The van der Waals surface area contributed by atoms with E-state index < -0.39 is 0 Å². The summed E-state index contributed by atoms with van der Waals surface area (Å²) in [6.45, 7) is 5.80. The van der Waals surface area contributed by atoms with Crippen molar-refractivity contribution in [2.45, 2.75) is 20.3 Å². The lowest BCUT2D eigenvalue weighted by atomic mass is 9.77. The number of allylic oxidation sites excluding steroid dienone is 4. The standard InChI is InChI=1S/C23H23N3S/c1-23(2)15-26(19-12-6-3-9-16(19)23)20-13-7-4-10-17(20)24-22-25-18-11-5-8-14-21(18)27-22/h3-8,10-14,16H,9,15H2,1-2H3,(H,24,25). The average molecular weight is 374 g/mol. The van der Waals surface area contributed by atoms with Crippen LogP contribution in [0.2, 0.25) is 0 Å². The maximum absolute atomic E-state index is 4.75. The molecule has 1 aliphatic heterocycles. The third-order valence-electron chi connectivity index (χ3n) is 5.68. The minimum Gasteiger partial charge on any atom is -0.343 e. The van der Waals surface area contributed by atoms with Crippen LogP contribution in [0.1, 0.15) is 20.3 Å². The smallest absolute Gasteiger partial charge is 0.188 e. The van der Waals surface area contributed by atoms with Gasteiger partial charge in [-0.2, -0.15) is 0 Å². The van der Waals surface area contributed by atoms with Crippen molar-refractivity contribution >= 4 is 38.1 Å². The zero-order chi connectivity index (χ0) is 18.4. The van der Waals surface area contributed by atoms with Crippen molar-refractivity contribution in [2.75, 3.05) is 16.8 Å². The van der Waals surface area contributed by atoms with Gasteiger partial charge < -0.3 is 10.2 Å². The van der Waals surface area contributed by atoms with Crippen LogP contribution in [0.15, 0.2) is 72.5 Å². The van der Waals surface area contributed by atoms with Crippen molar-refractivity contribution in [3.8, 4) is 0 Å². The monoisotopic (exact) mass is 373 g/mol. The number of anilines is 3. The van der Waals surface area contributed by atoms with Gasteiger partial charge in [0.1, 0.15) is 0 Å². The van der Waals surface area contributed by atoms with Crippen molar-refractivity contribution in [3.63, 3.8) is 0 Å². The van der Waals surface area contributed by atoms with E-state index in [1.54, 1.807) is 11.3 Å². The summed E-state index contributed by atoms with van der Waals surface area (Å²) < 4.78 is 1.21. The minimum absolute atomic E-state index is 0.263. The van der Waals surface area contributed by atoms with E-state index in [0.717, 1.165) is 29.3 Å². The van der Waals surface area contributed by atoms with Crippen molar-refractivity contribution < 1.29 is 0 Å². The van der Waals surface area contributed by atoms with Crippen molar-refractivity contribution in [1.82, 2.24) is 4.98 Å². The van der Waals surface area contributed by atoms with Gasteiger partial charge in [-0.15, -0.1) is 0 Å². The molecule has 3 nitrogen and oxygen atoms in total. The van der Waals surface area contributed by atoms with Crippen LogP contribution in [0.4, 0.5) is 16.5 Å². The second-order valence-electron chi connectivity index (χ2n) is 8.01. The number of nitrogens with zero attached hydrogens (tertiary/aromatic N) is 2.